The van der Waals surface area contributed by atoms with E-state index in [-0.39, 0.29) is 37.3 Å². The van der Waals surface area contributed by atoms with E-state index in [4.69, 9.17) is 15.9 Å². The maximum atomic E-state index is 12.3. The number of carbonyl (C=O) groups is 3. The zero-order valence-corrected chi connectivity index (χ0v) is 17.4. The molecule has 0 saturated carbocycles. The first-order valence-corrected chi connectivity index (χ1v) is 10.0. The summed E-state index contributed by atoms with van der Waals surface area (Å²) in [6.45, 7) is 2.22. The number of anilines is 1. The summed E-state index contributed by atoms with van der Waals surface area (Å²) in [4.78, 5) is 47.3. The fourth-order valence-electron chi connectivity index (χ4n) is 3.19. The van der Waals surface area contributed by atoms with Crippen LogP contribution in [0.25, 0.3) is 11.0 Å². The number of benzene rings is 1. The molecule has 0 spiro atoms. The Morgan fingerprint density at radius 2 is 1.94 bits per heavy atom. The van der Waals surface area contributed by atoms with E-state index < -0.39 is 23.5 Å². The van der Waals surface area contributed by atoms with Crippen molar-refractivity contribution in [2.24, 2.45) is 5.73 Å². The molecule has 31 heavy (non-hydrogen) atoms. The highest BCUT2D eigenvalue weighted by Crippen LogP contribution is 2.21. The number of hydrogen-bond acceptors (Lipinski definition) is 7. The van der Waals surface area contributed by atoms with Crippen LogP contribution in [0.3, 0.4) is 0 Å². The third kappa shape index (κ3) is 6.82. The van der Waals surface area contributed by atoms with Crippen molar-refractivity contribution in [3.63, 3.8) is 0 Å². The molecule has 2 amide bonds. The second-order valence-corrected chi connectivity index (χ2v) is 7.27. The summed E-state index contributed by atoms with van der Waals surface area (Å²) >= 11 is 0. The number of carboxylic acid groups (broad SMARTS) is 1. The first kappa shape index (κ1) is 23.9. The molecule has 1 atom stereocenters. The van der Waals surface area contributed by atoms with E-state index in [1.807, 2.05) is 0 Å². The number of amides is 2. The molecule has 0 radical (unpaired) electrons. The summed E-state index contributed by atoms with van der Waals surface area (Å²) in [5.74, 6) is -1.86. The van der Waals surface area contributed by atoms with Gasteiger partial charge < -0.3 is 31.6 Å². The van der Waals surface area contributed by atoms with Gasteiger partial charge in [-0.15, -0.1) is 0 Å². The van der Waals surface area contributed by atoms with Crippen LogP contribution in [0.2, 0.25) is 0 Å². The normalized spacial score (nSPS) is 11.8. The van der Waals surface area contributed by atoms with Crippen LogP contribution in [0.15, 0.2) is 27.4 Å². The lowest BCUT2D eigenvalue weighted by Gasteiger charge is -2.14. The Hall–Kier alpha value is -3.40. The Kier molecular flexibility index (Phi) is 8.56. The number of carbonyl (C=O) groups excluding carboxylic acids is 2. The Morgan fingerprint density at radius 3 is 2.61 bits per heavy atom. The third-order valence-corrected chi connectivity index (χ3v) is 4.90. The molecule has 2 aromatic rings. The molecule has 0 bridgehead atoms. The van der Waals surface area contributed by atoms with Gasteiger partial charge in [0.25, 0.3) is 0 Å². The first-order chi connectivity index (χ1) is 14.7. The molecule has 7 N–H and O–H groups in total. The van der Waals surface area contributed by atoms with Crippen LogP contribution in [-0.4, -0.2) is 42.0 Å². The van der Waals surface area contributed by atoms with Crippen molar-refractivity contribution >= 4 is 34.4 Å². The molecule has 1 aromatic carbocycles. The van der Waals surface area contributed by atoms with Gasteiger partial charge in [-0.05, 0) is 43.9 Å². The van der Waals surface area contributed by atoms with E-state index in [1.54, 1.807) is 25.1 Å². The summed E-state index contributed by atoms with van der Waals surface area (Å²) in [6.07, 6.45) is 1.18. The highest BCUT2D eigenvalue weighted by Gasteiger charge is 2.19. The quantitative estimate of drug-likeness (QED) is 0.193. The minimum absolute atomic E-state index is 0.0649. The average molecular weight is 432 g/mol. The molecule has 10 nitrogen and oxygen atoms in total. The molecule has 0 aliphatic heterocycles. The third-order valence-electron chi connectivity index (χ3n) is 4.90. The maximum Gasteiger partial charge on any atom is 0.340 e. The number of nitrogens with two attached hydrogens (primary N) is 2. The smallest absolute Gasteiger partial charge is 0.340 e. The SMILES string of the molecule is Cc1c(CC(=O)NCCCC[C@H](NC(=O)CCN)C(=O)O)c(=O)oc2cc(N)ccc12. The first-order valence-electron chi connectivity index (χ1n) is 10.0. The van der Waals surface area contributed by atoms with Crippen molar-refractivity contribution in [2.75, 3.05) is 18.8 Å². The molecule has 0 unspecified atom stereocenters. The summed E-state index contributed by atoms with van der Waals surface area (Å²) < 4.78 is 5.28. The van der Waals surface area contributed by atoms with E-state index in [0.717, 1.165) is 0 Å². The zero-order valence-electron chi connectivity index (χ0n) is 17.4. The number of rotatable bonds is 11. The molecule has 0 fully saturated rings. The highest BCUT2D eigenvalue weighted by atomic mass is 16.4. The number of fused-ring (bicyclic) bond motifs is 1. The monoisotopic (exact) mass is 432 g/mol. The second kappa shape index (κ2) is 11.1. The van der Waals surface area contributed by atoms with Crippen molar-refractivity contribution in [3.8, 4) is 0 Å². The Morgan fingerprint density at radius 1 is 1.19 bits per heavy atom. The van der Waals surface area contributed by atoms with Crippen LogP contribution in [0.5, 0.6) is 0 Å². The van der Waals surface area contributed by atoms with Crippen LogP contribution in [-0.2, 0) is 20.8 Å². The number of aliphatic carboxylic acids is 1. The molecule has 10 heteroatoms. The van der Waals surface area contributed by atoms with E-state index >= 15 is 0 Å². The maximum absolute atomic E-state index is 12.3. The molecule has 1 aromatic heterocycles. The van der Waals surface area contributed by atoms with E-state index in [9.17, 15) is 24.3 Å². The number of carboxylic acids is 1. The predicted molar refractivity (Wildman–Crippen MR) is 115 cm³/mol. The Labute approximate surface area is 179 Å². The lowest BCUT2D eigenvalue weighted by atomic mass is 10.0. The molecule has 0 aliphatic rings. The van der Waals surface area contributed by atoms with E-state index in [2.05, 4.69) is 10.6 Å². The Balaban J connectivity index is 1.84. The minimum atomic E-state index is -1.12. The number of nitrogens with one attached hydrogen (secondary N) is 2. The second-order valence-electron chi connectivity index (χ2n) is 7.27. The zero-order chi connectivity index (χ0) is 23.0. The van der Waals surface area contributed by atoms with Crippen LogP contribution < -0.4 is 27.7 Å². The molecule has 168 valence electrons. The largest absolute Gasteiger partial charge is 0.480 e. The van der Waals surface area contributed by atoms with Gasteiger partial charge in [0.1, 0.15) is 11.6 Å². The van der Waals surface area contributed by atoms with Crippen LogP contribution in [0, 0.1) is 6.92 Å². The van der Waals surface area contributed by atoms with Crippen molar-refractivity contribution in [2.45, 2.75) is 45.1 Å². The van der Waals surface area contributed by atoms with E-state index in [0.29, 0.717) is 41.6 Å². The summed E-state index contributed by atoms with van der Waals surface area (Å²) in [6, 6.07) is 4.02. The topological polar surface area (TPSA) is 178 Å². The van der Waals surface area contributed by atoms with Gasteiger partial charge >= 0.3 is 11.6 Å². The van der Waals surface area contributed by atoms with Crippen LogP contribution >= 0.6 is 0 Å². The number of nitrogen functional groups attached to an aromatic ring is 1. The standard InChI is InChI=1S/C21H28N4O6/c1-12-14-6-5-13(23)10-17(14)31-21(30)15(12)11-19(27)24-9-3-2-4-16(20(28)29)25-18(26)7-8-22/h5-6,10,16H,2-4,7-9,11,22-23H2,1H3,(H,24,27)(H,25,26)(H,28,29)/t16-/m0/s1. The molecule has 1 heterocycles. The van der Waals surface area contributed by atoms with Gasteiger partial charge in [-0.2, -0.15) is 0 Å². The van der Waals surface area contributed by atoms with Gasteiger partial charge in [-0.25, -0.2) is 9.59 Å². The minimum Gasteiger partial charge on any atom is -0.480 e. The van der Waals surface area contributed by atoms with Gasteiger partial charge in [0.15, 0.2) is 0 Å². The van der Waals surface area contributed by atoms with Crippen LogP contribution in [0.4, 0.5) is 5.69 Å². The summed E-state index contributed by atoms with van der Waals surface area (Å²) in [7, 11) is 0. The number of aryl methyl sites for hydroxylation is 1. The fraction of sp³-hybridized carbons (Fsp3) is 0.429. The highest BCUT2D eigenvalue weighted by molar-refractivity contribution is 5.86. The van der Waals surface area contributed by atoms with Crippen LogP contribution in [0.1, 0.15) is 36.8 Å². The number of hydrogen-bond donors (Lipinski definition) is 5. The molecule has 0 aliphatic carbocycles. The van der Waals surface area contributed by atoms with Crippen molar-refractivity contribution in [3.05, 3.63) is 39.7 Å². The Bertz CT molecular complexity index is 1020. The molecule has 0 saturated heterocycles. The van der Waals surface area contributed by atoms with Gasteiger partial charge in [0.2, 0.25) is 11.8 Å². The number of unbranched alkanes of at least 4 members (excludes halogenated alkanes) is 1. The van der Waals surface area contributed by atoms with Crippen molar-refractivity contribution in [1.29, 1.82) is 0 Å². The van der Waals surface area contributed by atoms with Gasteiger partial charge in [0, 0.05) is 36.7 Å². The van der Waals surface area contributed by atoms with Gasteiger partial charge in [-0.3, -0.25) is 9.59 Å². The molecular weight excluding hydrogens is 404 g/mol. The van der Waals surface area contributed by atoms with Crippen molar-refractivity contribution < 1.29 is 23.9 Å². The molecular formula is C21H28N4O6. The average Bonchev–Trinajstić information content (AvgIpc) is 2.69. The summed E-state index contributed by atoms with van der Waals surface area (Å²) in [5.41, 5.74) is 12.2. The van der Waals surface area contributed by atoms with Gasteiger partial charge in [-0.1, -0.05) is 0 Å². The summed E-state index contributed by atoms with van der Waals surface area (Å²) in [5, 5.41) is 15.0. The van der Waals surface area contributed by atoms with E-state index in [1.165, 1.54) is 0 Å². The predicted octanol–water partition coefficient (Wildman–Crippen LogP) is 0.431. The lowest BCUT2D eigenvalue weighted by Crippen LogP contribution is -2.41. The lowest BCUT2D eigenvalue weighted by molar-refractivity contribution is -0.142. The fourth-order valence-corrected chi connectivity index (χ4v) is 3.19. The molecule has 2 rings (SSSR count). The van der Waals surface area contributed by atoms with Crippen molar-refractivity contribution in [1.82, 2.24) is 10.6 Å². The van der Waals surface area contributed by atoms with Gasteiger partial charge in [0.05, 0.1) is 12.0 Å².